The third-order valence-corrected chi connectivity index (χ3v) is 6.92. The van der Waals surface area contributed by atoms with Gasteiger partial charge in [0, 0.05) is 9.80 Å². The van der Waals surface area contributed by atoms with Gasteiger partial charge in [0.05, 0.1) is 10.8 Å². The third-order valence-electron chi connectivity index (χ3n) is 4.26. The third kappa shape index (κ3) is 4.31. The first kappa shape index (κ1) is 20.6. The number of sulfonamides is 1. The normalized spacial score (nSPS) is 22.3. The summed E-state index contributed by atoms with van der Waals surface area (Å²) < 4.78 is 22.8. The van der Waals surface area contributed by atoms with E-state index in [-0.39, 0.29) is 4.90 Å². The van der Waals surface area contributed by atoms with Gasteiger partial charge in [-0.05, 0) is 41.5 Å². The maximum Gasteiger partial charge on any atom is 0.238 e. The minimum Gasteiger partial charge on any atom is -0.369 e. The van der Waals surface area contributed by atoms with Crippen LogP contribution in [0.25, 0.3) is 5.57 Å². The van der Waals surface area contributed by atoms with Crippen LogP contribution in [-0.2, 0) is 14.8 Å². The lowest BCUT2D eigenvalue weighted by atomic mass is 9.88. The smallest absolute Gasteiger partial charge is 0.238 e. The quantitative estimate of drug-likeness (QED) is 0.490. The summed E-state index contributed by atoms with van der Waals surface area (Å²) in [7, 11) is -3.79. The van der Waals surface area contributed by atoms with Crippen molar-refractivity contribution in [2.45, 2.75) is 14.8 Å². The van der Waals surface area contributed by atoms with Crippen LogP contribution >= 0.6 is 23.4 Å². The van der Waals surface area contributed by atoms with Crippen molar-refractivity contribution in [2.24, 2.45) is 22.5 Å². The van der Waals surface area contributed by atoms with Crippen molar-refractivity contribution >= 4 is 44.9 Å². The molecular formula is C19H18ClN3O3S2. The molecule has 146 valence electrons. The van der Waals surface area contributed by atoms with Gasteiger partial charge in [0.15, 0.2) is 0 Å². The van der Waals surface area contributed by atoms with Crippen LogP contribution in [0.3, 0.4) is 0 Å². The Morgan fingerprint density at radius 3 is 2.21 bits per heavy atom. The molecule has 2 unspecified atom stereocenters. The second-order valence-electron chi connectivity index (χ2n) is 6.26. The van der Waals surface area contributed by atoms with Gasteiger partial charge >= 0.3 is 0 Å². The first-order valence-electron chi connectivity index (χ1n) is 8.16. The molecule has 2 aromatic carbocycles. The van der Waals surface area contributed by atoms with Gasteiger partial charge in [-0.1, -0.05) is 59.8 Å². The van der Waals surface area contributed by atoms with Crippen LogP contribution in [0, 0.1) is 5.92 Å². The number of amides is 1. The molecule has 0 aromatic heterocycles. The number of hydrogen-bond donors (Lipinski definition) is 3. The highest BCUT2D eigenvalue weighted by molar-refractivity contribution is 8.03. The summed E-state index contributed by atoms with van der Waals surface area (Å²) in [6, 6.07) is 15.4. The van der Waals surface area contributed by atoms with Crippen LogP contribution in [-0.4, -0.2) is 19.3 Å². The van der Waals surface area contributed by atoms with E-state index in [1.165, 1.54) is 23.9 Å². The Morgan fingerprint density at radius 1 is 1.07 bits per heavy atom. The zero-order valence-corrected chi connectivity index (χ0v) is 17.0. The van der Waals surface area contributed by atoms with Crippen LogP contribution in [0.1, 0.15) is 5.56 Å². The maximum atomic E-state index is 12.0. The molecule has 28 heavy (non-hydrogen) atoms. The molecule has 0 fully saturated rings. The number of carbonyl (C=O) groups excluding carboxylic acids is 1. The summed E-state index contributed by atoms with van der Waals surface area (Å²) in [4.78, 5) is 11.7. The molecule has 0 aliphatic heterocycles. The molecule has 0 radical (unpaired) electrons. The summed E-state index contributed by atoms with van der Waals surface area (Å²) in [5.74, 6) is -1.55. The summed E-state index contributed by atoms with van der Waals surface area (Å²) >= 11 is 7.76. The number of rotatable bonds is 5. The molecule has 1 amide bonds. The number of primary sulfonamides is 1. The van der Waals surface area contributed by atoms with Gasteiger partial charge in [0.2, 0.25) is 15.9 Å². The van der Waals surface area contributed by atoms with Gasteiger partial charge in [-0.25, -0.2) is 13.6 Å². The van der Waals surface area contributed by atoms with Gasteiger partial charge in [0.25, 0.3) is 0 Å². The number of carbonyl (C=O) groups is 1. The zero-order valence-electron chi connectivity index (χ0n) is 14.6. The summed E-state index contributed by atoms with van der Waals surface area (Å²) in [6.07, 6.45) is 3.47. The highest BCUT2D eigenvalue weighted by Crippen LogP contribution is 2.45. The van der Waals surface area contributed by atoms with Crippen molar-refractivity contribution in [3.63, 3.8) is 0 Å². The van der Waals surface area contributed by atoms with Crippen LogP contribution < -0.4 is 16.6 Å². The van der Waals surface area contributed by atoms with Crippen molar-refractivity contribution < 1.29 is 13.2 Å². The van der Waals surface area contributed by atoms with E-state index in [1.54, 1.807) is 24.3 Å². The molecule has 0 heterocycles. The van der Waals surface area contributed by atoms with E-state index in [1.807, 2.05) is 30.3 Å². The van der Waals surface area contributed by atoms with E-state index in [0.717, 1.165) is 11.1 Å². The molecule has 1 aliphatic carbocycles. The molecule has 2 atom stereocenters. The zero-order chi connectivity index (χ0) is 20.5. The largest absolute Gasteiger partial charge is 0.369 e. The lowest BCUT2D eigenvalue weighted by Crippen LogP contribution is -2.49. The van der Waals surface area contributed by atoms with Crippen LogP contribution in [0.2, 0.25) is 0 Å². The Balaban J connectivity index is 2.00. The van der Waals surface area contributed by atoms with Crippen molar-refractivity contribution in [3.8, 4) is 0 Å². The Hall–Kier alpha value is -2.10. The molecule has 1 aliphatic rings. The average Bonchev–Trinajstić information content (AvgIpc) is 2.63. The van der Waals surface area contributed by atoms with E-state index in [0.29, 0.717) is 9.80 Å². The van der Waals surface area contributed by atoms with Crippen molar-refractivity contribution in [1.29, 1.82) is 0 Å². The molecule has 0 spiro atoms. The summed E-state index contributed by atoms with van der Waals surface area (Å²) in [5.41, 5.74) is 13.5. The van der Waals surface area contributed by atoms with E-state index >= 15 is 0 Å². The second kappa shape index (κ2) is 7.73. The van der Waals surface area contributed by atoms with Gasteiger partial charge < -0.3 is 11.5 Å². The van der Waals surface area contributed by atoms with Crippen LogP contribution in [0.15, 0.2) is 81.4 Å². The Labute approximate surface area is 172 Å². The summed E-state index contributed by atoms with van der Waals surface area (Å²) in [5, 5.41) is 5.12. The van der Waals surface area contributed by atoms with E-state index in [4.69, 9.17) is 28.2 Å². The summed E-state index contributed by atoms with van der Waals surface area (Å²) in [6.45, 7) is 0. The number of primary amides is 1. The standard InChI is InChI=1S/C19H18ClN3O3S2/c20-19(22)16(18(21)24)10-13(12-4-2-1-3-5-12)11-17(19)27-14-6-8-15(9-7-14)28(23,25)26/h1-11,16H,22H2,(H2,21,24)(H2,23,25,26). The molecule has 0 saturated carbocycles. The monoisotopic (exact) mass is 435 g/mol. The second-order valence-corrected chi connectivity index (χ2v) is 9.57. The molecular weight excluding hydrogens is 418 g/mol. The molecule has 3 rings (SSSR count). The van der Waals surface area contributed by atoms with Crippen molar-refractivity contribution in [1.82, 2.24) is 0 Å². The van der Waals surface area contributed by atoms with E-state index in [9.17, 15) is 13.2 Å². The highest BCUT2D eigenvalue weighted by atomic mass is 35.5. The van der Waals surface area contributed by atoms with E-state index in [2.05, 4.69) is 0 Å². The average molecular weight is 436 g/mol. The fourth-order valence-electron chi connectivity index (χ4n) is 2.79. The Bertz CT molecular complexity index is 1060. The van der Waals surface area contributed by atoms with E-state index < -0.39 is 26.8 Å². The number of benzene rings is 2. The predicted molar refractivity (Wildman–Crippen MR) is 112 cm³/mol. The van der Waals surface area contributed by atoms with Gasteiger partial charge in [-0.3, -0.25) is 4.79 Å². The highest BCUT2D eigenvalue weighted by Gasteiger charge is 2.42. The molecule has 0 bridgehead atoms. The van der Waals surface area contributed by atoms with Gasteiger partial charge in [-0.15, -0.1) is 0 Å². The molecule has 0 saturated heterocycles. The van der Waals surface area contributed by atoms with Crippen molar-refractivity contribution in [2.75, 3.05) is 0 Å². The minimum atomic E-state index is -3.79. The van der Waals surface area contributed by atoms with Crippen molar-refractivity contribution in [3.05, 3.63) is 77.2 Å². The molecule has 6 nitrogen and oxygen atoms in total. The number of hydrogen-bond acceptors (Lipinski definition) is 5. The lowest BCUT2D eigenvalue weighted by molar-refractivity contribution is -0.121. The topological polar surface area (TPSA) is 129 Å². The fraction of sp³-hybridized carbons (Fsp3) is 0.105. The fourth-order valence-corrected chi connectivity index (χ4v) is 4.64. The Morgan fingerprint density at radius 2 is 1.68 bits per heavy atom. The van der Waals surface area contributed by atoms with Crippen LogP contribution in [0.5, 0.6) is 0 Å². The van der Waals surface area contributed by atoms with Gasteiger partial charge in [0.1, 0.15) is 5.00 Å². The number of nitrogens with two attached hydrogens (primary N) is 3. The number of thioether (sulfide) groups is 1. The minimum absolute atomic E-state index is 0.000702. The van der Waals surface area contributed by atoms with Gasteiger partial charge in [-0.2, -0.15) is 0 Å². The number of alkyl halides is 1. The molecule has 6 N–H and O–H groups in total. The molecule has 9 heteroatoms. The number of halogens is 1. The maximum absolute atomic E-state index is 12.0. The predicted octanol–water partition coefficient (Wildman–Crippen LogP) is 2.40. The Kier molecular flexibility index (Phi) is 5.69. The number of allylic oxidation sites excluding steroid dienone is 2. The van der Waals surface area contributed by atoms with Crippen LogP contribution in [0.4, 0.5) is 0 Å². The SMILES string of the molecule is NC(=O)C1C=C(c2ccccc2)C=C(Sc2ccc(S(N)(=O)=O)cc2)C1(N)Cl. The first-order chi connectivity index (χ1) is 13.1. The first-order valence-corrected chi connectivity index (χ1v) is 10.9. The lowest BCUT2D eigenvalue weighted by Gasteiger charge is -2.34. The molecule has 2 aromatic rings.